The minimum absolute atomic E-state index is 0.0271. The predicted octanol–water partition coefficient (Wildman–Crippen LogP) is 3.57. The summed E-state index contributed by atoms with van der Waals surface area (Å²) in [6.07, 6.45) is 0.638. The lowest BCUT2D eigenvalue weighted by Crippen LogP contribution is -2.30. The highest BCUT2D eigenvalue weighted by Gasteiger charge is 2.07. The van der Waals surface area contributed by atoms with E-state index in [9.17, 15) is 4.79 Å². The molecule has 0 aliphatic carbocycles. The largest absolute Gasteiger partial charge is 0.484 e. The third kappa shape index (κ3) is 4.31. The summed E-state index contributed by atoms with van der Waals surface area (Å²) in [7, 11) is 0. The summed E-state index contributed by atoms with van der Waals surface area (Å²) in [5.74, 6) is 1.33. The van der Waals surface area contributed by atoms with Crippen molar-refractivity contribution < 1.29 is 9.53 Å². The first-order valence-electron chi connectivity index (χ1n) is 8.13. The predicted molar refractivity (Wildman–Crippen MR) is 99.2 cm³/mol. The maximum absolute atomic E-state index is 11.9. The van der Waals surface area contributed by atoms with Crippen molar-refractivity contribution in [3.63, 3.8) is 0 Å². The van der Waals surface area contributed by atoms with Gasteiger partial charge in [0.05, 0.1) is 11.0 Å². The summed E-state index contributed by atoms with van der Waals surface area (Å²) in [5, 5.41) is 3.56. The van der Waals surface area contributed by atoms with Crippen LogP contribution in [0.4, 0.5) is 0 Å². The summed E-state index contributed by atoms with van der Waals surface area (Å²) in [6.45, 7) is 4.30. The fraction of sp³-hybridized carbons (Fsp3) is 0.263. The number of amides is 1. The maximum Gasteiger partial charge on any atom is 0.257 e. The molecule has 0 aliphatic heterocycles. The van der Waals surface area contributed by atoms with Gasteiger partial charge < -0.3 is 15.0 Å². The van der Waals surface area contributed by atoms with Gasteiger partial charge in [0.25, 0.3) is 5.91 Å². The van der Waals surface area contributed by atoms with E-state index in [4.69, 9.17) is 16.3 Å². The Hall–Kier alpha value is -2.53. The van der Waals surface area contributed by atoms with Gasteiger partial charge in [-0.25, -0.2) is 4.98 Å². The van der Waals surface area contributed by atoms with Gasteiger partial charge in [-0.05, 0) is 49.2 Å². The lowest BCUT2D eigenvalue weighted by Gasteiger charge is -2.10. The zero-order chi connectivity index (χ0) is 17.8. The number of halogens is 1. The molecule has 3 rings (SSSR count). The van der Waals surface area contributed by atoms with E-state index in [0.717, 1.165) is 33.0 Å². The normalized spacial score (nSPS) is 10.8. The second-order valence-corrected chi connectivity index (χ2v) is 6.34. The van der Waals surface area contributed by atoms with Crippen molar-refractivity contribution in [2.24, 2.45) is 0 Å². The highest BCUT2D eigenvalue weighted by atomic mass is 35.5. The van der Waals surface area contributed by atoms with Crippen LogP contribution in [0.1, 0.15) is 17.0 Å². The average Bonchev–Trinajstić information content (AvgIpc) is 3.00. The van der Waals surface area contributed by atoms with E-state index in [0.29, 0.717) is 18.7 Å². The minimum atomic E-state index is -0.165. The number of fused-ring (bicyclic) bond motifs is 1. The summed E-state index contributed by atoms with van der Waals surface area (Å²) in [5.41, 5.74) is 3.80. The molecule has 0 atom stereocenters. The van der Waals surface area contributed by atoms with E-state index < -0.39 is 0 Å². The number of hydrogen-bond acceptors (Lipinski definition) is 3. The highest BCUT2D eigenvalue weighted by molar-refractivity contribution is 6.32. The molecule has 2 N–H and O–H groups in total. The zero-order valence-corrected chi connectivity index (χ0v) is 15.0. The molecule has 0 saturated heterocycles. The molecule has 25 heavy (non-hydrogen) atoms. The third-order valence-electron chi connectivity index (χ3n) is 3.90. The van der Waals surface area contributed by atoms with E-state index >= 15 is 0 Å². The number of rotatable bonds is 6. The van der Waals surface area contributed by atoms with Gasteiger partial charge in [-0.1, -0.05) is 23.7 Å². The van der Waals surface area contributed by atoms with Crippen molar-refractivity contribution in [2.75, 3.05) is 13.2 Å². The van der Waals surface area contributed by atoms with Crippen molar-refractivity contribution in [2.45, 2.75) is 20.3 Å². The monoisotopic (exact) mass is 357 g/mol. The zero-order valence-electron chi connectivity index (χ0n) is 14.2. The van der Waals surface area contributed by atoms with Crippen molar-refractivity contribution in [1.29, 1.82) is 0 Å². The maximum atomic E-state index is 11.9. The standard InChI is InChI=1S/C19H20ClN3O2/c1-12-9-14(10-13(2)19(12)20)25-11-18(24)21-8-7-17-22-15-5-3-4-6-16(15)23-17/h3-6,9-10H,7-8,11H2,1-2H3,(H,21,24)(H,22,23). The lowest BCUT2D eigenvalue weighted by atomic mass is 10.1. The second kappa shape index (κ2) is 7.57. The van der Waals surface area contributed by atoms with Crippen LogP contribution >= 0.6 is 11.6 Å². The third-order valence-corrected chi connectivity index (χ3v) is 4.50. The number of para-hydroxylation sites is 2. The molecule has 1 amide bonds. The van der Waals surface area contributed by atoms with Crippen molar-refractivity contribution in [3.05, 3.63) is 58.4 Å². The molecule has 1 heterocycles. The van der Waals surface area contributed by atoms with Crippen LogP contribution in [0.2, 0.25) is 5.02 Å². The molecule has 6 heteroatoms. The number of carbonyl (C=O) groups is 1. The fourth-order valence-corrected chi connectivity index (χ4v) is 2.74. The molecule has 3 aromatic rings. The lowest BCUT2D eigenvalue weighted by molar-refractivity contribution is -0.123. The van der Waals surface area contributed by atoms with E-state index in [1.165, 1.54) is 0 Å². The van der Waals surface area contributed by atoms with Crippen LogP contribution < -0.4 is 10.1 Å². The molecule has 5 nitrogen and oxygen atoms in total. The number of aryl methyl sites for hydroxylation is 2. The Morgan fingerprint density at radius 2 is 1.96 bits per heavy atom. The number of H-pyrrole nitrogens is 1. The average molecular weight is 358 g/mol. The topological polar surface area (TPSA) is 67.0 Å². The van der Waals surface area contributed by atoms with Gasteiger partial charge in [0, 0.05) is 18.0 Å². The van der Waals surface area contributed by atoms with Crippen molar-refractivity contribution in [3.8, 4) is 5.75 Å². The van der Waals surface area contributed by atoms with Crippen molar-refractivity contribution >= 4 is 28.5 Å². The molecular weight excluding hydrogens is 338 g/mol. The Kier molecular flexibility index (Phi) is 5.24. The molecule has 130 valence electrons. The summed E-state index contributed by atoms with van der Waals surface area (Å²) < 4.78 is 5.54. The first-order chi connectivity index (χ1) is 12.0. The number of hydrogen-bond donors (Lipinski definition) is 2. The molecule has 0 unspecified atom stereocenters. The Balaban J connectivity index is 1.46. The van der Waals surface area contributed by atoms with Crippen LogP contribution in [-0.2, 0) is 11.2 Å². The van der Waals surface area contributed by atoms with Crippen LogP contribution in [0.5, 0.6) is 5.75 Å². The Morgan fingerprint density at radius 1 is 1.24 bits per heavy atom. The van der Waals surface area contributed by atoms with E-state index in [-0.39, 0.29) is 12.5 Å². The molecule has 0 saturated carbocycles. The van der Waals surface area contributed by atoms with Crippen LogP contribution in [0.3, 0.4) is 0 Å². The molecule has 2 aromatic carbocycles. The van der Waals surface area contributed by atoms with Gasteiger partial charge >= 0.3 is 0 Å². The summed E-state index contributed by atoms with van der Waals surface area (Å²) >= 11 is 6.12. The van der Waals surface area contributed by atoms with Gasteiger partial charge in [0.15, 0.2) is 6.61 Å². The number of nitrogens with zero attached hydrogens (tertiary/aromatic N) is 1. The number of imidazole rings is 1. The Morgan fingerprint density at radius 3 is 2.68 bits per heavy atom. The number of ether oxygens (including phenoxy) is 1. The molecular formula is C19H20ClN3O2. The van der Waals surface area contributed by atoms with E-state index in [1.54, 1.807) is 0 Å². The minimum Gasteiger partial charge on any atom is -0.484 e. The molecule has 1 aromatic heterocycles. The molecule has 0 radical (unpaired) electrons. The SMILES string of the molecule is Cc1cc(OCC(=O)NCCc2nc3ccccc3[nH]2)cc(C)c1Cl. The highest BCUT2D eigenvalue weighted by Crippen LogP contribution is 2.25. The van der Waals surface area contributed by atoms with Gasteiger partial charge in [-0.15, -0.1) is 0 Å². The fourth-order valence-electron chi connectivity index (χ4n) is 2.63. The molecule has 0 bridgehead atoms. The van der Waals surface area contributed by atoms with Crippen molar-refractivity contribution in [1.82, 2.24) is 15.3 Å². The van der Waals surface area contributed by atoms with E-state index in [2.05, 4.69) is 15.3 Å². The summed E-state index contributed by atoms with van der Waals surface area (Å²) in [6, 6.07) is 11.5. The second-order valence-electron chi connectivity index (χ2n) is 5.96. The molecule has 0 spiro atoms. The van der Waals surface area contributed by atoms with Gasteiger partial charge in [-0.2, -0.15) is 0 Å². The molecule has 0 fully saturated rings. The van der Waals surface area contributed by atoms with Gasteiger partial charge in [0.2, 0.25) is 0 Å². The van der Waals surface area contributed by atoms with Crippen LogP contribution in [-0.4, -0.2) is 29.0 Å². The number of benzene rings is 2. The number of aromatic nitrogens is 2. The van der Waals surface area contributed by atoms with Gasteiger partial charge in [0.1, 0.15) is 11.6 Å². The van der Waals surface area contributed by atoms with E-state index in [1.807, 2.05) is 50.2 Å². The van der Waals surface area contributed by atoms with Crippen LogP contribution in [0, 0.1) is 13.8 Å². The number of nitrogens with one attached hydrogen (secondary N) is 2. The first-order valence-corrected chi connectivity index (χ1v) is 8.50. The van der Waals surface area contributed by atoms with Crippen LogP contribution in [0.15, 0.2) is 36.4 Å². The first kappa shape index (κ1) is 17.3. The number of carbonyl (C=O) groups excluding carboxylic acids is 1. The quantitative estimate of drug-likeness (QED) is 0.708. The van der Waals surface area contributed by atoms with Gasteiger partial charge in [-0.3, -0.25) is 4.79 Å². The van der Waals surface area contributed by atoms with Crippen LogP contribution in [0.25, 0.3) is 11.0 Å². The Bertz CT molecular complexity index is 849. The molecule has 0 aliphatic rings. The Labute approximate surface area is 151 Å². The summed E-state index contributed by atoms with van der Waals surface area (Å²) in [4.78, 5) is 19.6. The number of aromatic amines is 1. The smallest absolute Gasteiger partial charge is 0.257 e.